The Kier molecular flexibility index (Phi) is 5.24. The van der Waals surface area contributed by atoms with Gasteiger partial charge in [0.15, 0.2) is 10.9 Å². The minimum absolute atomic E-state index is 0.279. The quantitative estimate of drug-likeness (QED) is 0.451. The Balaban J connectivity index is 1.37. The Bertz CT molecular complexity index is 1000. The molecule has 6 nitrogen and oxygen atoms in total. The summed E-state index contributed by atoms with van der Waals surface area (Å²) in [5.74, 6) is 1.45. The minimum Gasteiger partial charge on any atom is -0.440 e. The number of benzene rings is 1. The van der Waals surface area contributed by atoms with E-state index in [1.807, 2.05) is 22.8 Å². The number of nitrogens with zero attached hydrogens (tertiary/aromatic N) is 5. The van der Waals surface area contributed by atoms with E-state index in [1.54, 1.807) is 30.9 Å². The summed E-state index contributed by atoms with van der Waals surface area (Å²) in [5, 5.41) is 8.95. The lowest BCUT2D eigenvalue weighted by Crippen LogP contribution is -2.03. The lowest BCUT2D eigenvalue weighted by molar-refractivity contribution is 0.529. The second-order valence-corrected chi connectivity index (χ2v) is 6.73. The highest BCUT2D eigenvalue weighted by Crippen LogP contribution is 2.25. The van der Waals surface area contributed by atoms with E-state index in [2.05, 4.69) is 20.2 Å². The maximum atomic E-state index is 13.0. The van der Waals surface area contributed by atoms with Crippen molar-refractivity contribution in [3.63, 3.8) is 0 Å². The number of aromatic nitrogens is 5. The molecule has 0 aliphatic heterocycles. The number of pyridine rings is 1. The smallest absolute Gasteiger partial charge is 0.205 e. The Morgan fingerprint density at radius 2 is 1.96 bits per heavy atom. The predicted octanol–water partition coefficient (Wildman–Crippen LogP) is 4.00. The number of halogens is 1. The van der Waals surface area contributed by atoms with Crippen molar-refractivity contribution < 1.29 is 8.81 Å². The van der Waals surface area contributed by atoms with Crippen LogP contribution in [0.2, 0.25) is 0 Å². The minimum atomic E-state index is -0.279. The summed E-state index contributed by atoms with van der Waals surface area (Å²) in [4.78, 5) is 8.62. The average molecular weight is 381 g/mol. The number of oxazole rings is 1. The van der Waals surface area contributed by atoms with E-state index in [-0.39, 0.29) is 5.82 Å². The van der Waals surface area contributed by atoms with Crippen LogP contribution in [0.4, 0.5) is 4.39 Å². The SMILES string of the molecule is Fc1ccc(-c2cnc(CSc3nncn3CCc3ccccn3)o2)cc1. The van der Waals surface area contributed by atoms with Crippen LogP contribution in [0.25, 0.3) is 11.3 Å². The van der Waals surface area contributed by atoms with Gasteiger partial charge in [-0.25, -0.2) is 9.37 Å². The molecule has 0 N–H and O–H groups in total. The molecule has 4 aromatic rings. The van der Waals surface area contributed by atoms with Crippen LogP contribution < -0.4 is 0 Å². The molecular weight excluding hydrogens is 365 g/mol. The Labute approximate surface area is 159 Å². The van der Waals surface area contributed by atoms with Gasteiger partial charge in [-0.15, -0.1) is 10.2 Å². The number of hydrogen-bond acceptors (Lipinski definition) is 6. The molecule has 0 saturated carbocycles. The highest BCUT2D eigenvalue weighted by molar-refractivity contribution is 7.98. The number of hydrogen-bond donors (Lipinski definition) is 0. The van der Waals surface area contributed by atoms with Crippen molar-refractivity contribution in [1.29, 1.82) is 0 Å². The molecule has 0 aliphatic carbocycles. The van der Waals surface area contributed by atoms with Crippen LogP contribution in [0.5, 0.6) is 0 Å². The molecule has 0 bridgehead atoms. The van der Waals surface area contributed by atoms with Crippen LogP contribution in [-0.4, -0.2) is 24.7 Å². The van der Waals surface area contributed by atoms with Gasteiger partial charge in [-0.1, -0.05) is 17.8 Å². The summed E-state index contributed by atoms with van der Waals surface area (Å²) in [6.45, 7) is 0.749. The molecule has 1 aromatic carbocycles. The highest BCUT2D eigenvalue weighted by Gasteiger charge is 2.10. The van der Waals surface area contributed by atoms with Crippen molar-refractivity contribution in [3.05, 3.63) is 78.6 Å². The lowest BCUT2D eigenvalue weighted by atomic mass is 10.2. The fourth-order valence-electron chi connectivity index (χ4n) is 2.54. The fourth-order valence-corrected chi connectivity index (χ4v) is 3.34. The predicted molar refractivity (Wildman–Crippen MR) is 99.4 cm³/mol. The monoisotopic (exact) mass is 381 g/mol. The van der Waals surface area contributed by atoms with Crippen LogP contribution in [0.15, 0.2) is 70.8 Å². The second-order valence-electron chi connectivity index (χ2n) is 5.79. The first-order chi connectivity index (χ1) is 13.3. The van der Waals surface area contributed by atoms with E-state index in [0.717, 1.165) is 29.4 Å². The molecule has 0 atom stereocenters. The number of thioether (sulfide) groups is 1. The second kappa shape index (κ2) is 8.13. The molecule has 0 spiro atoms. The summed E-state index contributed by atoms with van der Waals surface area (Å²) in [7, 11) is 0. The Morgan fingerprint density at radius 3 is 2.78 bits per heavy atom. The fraction of sp³-hybridized carbons (Fsp3) is 0.158. The van der Waals surface area contributed by atoms with Gasteiger partial charge in [0.25, 0.3) is 0 Å². The Morgan fingerprint density at radius 1 is 1.07 bits per heavy atom. The standard InChI is InChI=1S/C19H16FN5OS/c20-15-6-4-14(5-7-15)17-11-22-18(26-17)12-27-19-24-23-13-25(19)10-8-16-3-1-2-9-21-16/h1-7,9,11,13H,8,10,12H2. The van der Waals surface area contributed by atoms with Crippen LogP contribution in [0.1, 0.15) is 11.6 Å². The van der Waals surface area contributed by atoms with Gasteiger partial charge in [-0.05, 0) is 36.4 Å². The molecule has 8 heteroatoms. The summed E-state index contributed by atoms with van der Waals surface area (Å²) in [6.07, 6.45) is 5.96. The maximum absolute atomic E-state index is 13.0. The van der Waals surface area contributed by atoms with Crippen LogP contribution >= 0.6 is 11.8 Å². The first-order valence-corrected chi connectivity index (χ1v) is 9.37. The van der Waals surface area contributed by atoms with E-state index in [0.29, 0.717) is 17.4 Å². The van der Waals surface area contributed by atoms with Crippen molar-refractivity contribution in [3.8, 4) is 11.3 Å². The van der Waals surface area contributed by atoms with E-state index < -0.39 is 0 Å². The van der Waals surface area contributed by atoms with Gasteiger partial charge in [0.1, 0.15) is 12.1 Å². The topological polar surface area (TPSA) is 69.6 Å². The number of rotatable bonds is 7. The summed E-state index contributed by atoms with van der Waals surface area (Å²) < 4.78 is 20.8. The van der Waals surface area contributed by atoms with Crippen LogP contribution in [0.3, 0.4) is 0 Å². The van der Waals surface area contributed by atoms with E-state index >= 15 is 0 Å². The third kappa shape index (κ3) is 4.40. The van der Waals surface area contributed by atoms with Gasteiger partial charge in [0, 0.05) is 30.4 Å². The molecule has 0 unspecified atom stereocenters. The molecule has 3 heterocycles. The van der Waals surface area contributed by atoms with Crippen molar-refractivity contribution >= 4 is 11.8 Å². The zero-order valence-electron chi connectivity index (χ0n) is 14.3. The first kappa shape index (κ1) is 17.4. The summed E-state index contributed by atoms with van der Waals surface area (Å²) >= 11 is 1.51. The molecule has 0 aliphatic rings. The average Bonchev–Trinajstić information content (AvgIpc) is 3.35. The maximum Gasteiger partial charge on any atom is 0.205 e. The molecule has 0 radical (unpaired) electrons. The zero-order chi connectivity index (χ0) is 18.5. The molecule has 136 valence electrons. The van der Waals surface area contributed by atoms with Gasteiger partial charge >= 0.3 is 0 Å². The molecule has 27 heavy (non-hydrogen) atoms. The molecule has 0 saturated heterocycles. The van der Waals surface area contributed by atoms with Crippen LogP contribution in [0, 0.1) is 5.82 Å². The zero-order valence-corrected chi connectivity index (χ0v) is 15.1. The van der Waals surface area contributed by atoms with Crippen LogP contribution in [-0.2, 0) is 18.7 Å². The largest absolute Gasteiger partial charge is 0.440 e. The molecule has 0 fully saturated rings. The molecular formula is C19H16FN5OS. The third-order valence-electron chi connectivity index (χ3n) is 3.92. The van der Waals surface area contributed by atoms with E-state index in [9.17, 15) is 4.39 Å². The number of aryl methyl sites for hydroxylation is 2. The van der Waals surface area contributed by atoms with Crippen molar-refractivity contribution in [1.82, 2.24) is 24.7 Å². The highest BCUT2D eigenvalue weighted by atomic mass is 32.2. The van der Waals surface area contributed by atoms with Gasteiger partial charge in [-0.2, -0.15) is 0 Å². The van der Waals surface area contributed by atoms with Crippen molar-refractivity contribution in [2.45, 2.75) is 23.9 Å². The van der Waals surface area contributed by atoms with E-state index in [1.165, 1.54) is 23.9 Å². The van der Waals surface area contributed by atoms with Crippen molar-refractivity contribution in [2.24, 2.45) is 0 Å². The molecule has 0 amide bonds. The summed E-state index contributed by atoms with van der Waals surface area (Å²) in [5.41, 5.74) is 1.82. The molecule has 4 rings (SSSR count). The van der Waals surface area contributed by atoms with Gasteiger partial charge in [0.2, 0.25) is 5.89 Å². The van der Waals surface area contributed by atoms with Gasteiger partial charge in [0.05, 0.1) is 11.9 Å². The van der Waals surface area contributed by atoms with Gasteiger partial charge < -0.3 is 8.98 Å². The van der Waals surface area contributed by atoms with E-state index in [4.69, 9.17) is 4.42 Å². The Hall–Kier alpha value is -3.00. The lowest BCUT2D eigenvalue weighted by Gasteiger charge is -2.05. The summed E-state index contributed by atoms with van der Waals surface area (Å²) in [6, 6.07) is 12.0. The van der Waals surface area contributed by atoms with Gasteiger partial charge in [-0.3, -0.25) is 4.98 Å². The normalized spacial score (nSPS) is 11.0. The first-order valence-electron chi connectivity index (χ1n) is 8.39. The molecule has 3 aromatic heterocycles. The third-order valence-corrected chi connectivity index (χ3v) is 4.89. The van der Waals surface area contributed by atoms with Crippen molar-refractivity contribution in [2.75, 3.05) is 0 Å².